The summed E-state index contributed by atoms with van der Waals surface area (Å²) in [7, 11) is 0. The number of amides is 2. The molecule has 1 aliphatic heterocycles. The summed E-state index contributed by atoms with van der Waals surface area (Å²) in [6.07, 6.45) is 4.83. The molecule has 0 bridgehead atoms. The monoisotopic (exact) mass is 451 g/mol. The number of carbonyl (C=O) groups is 2. The normalized spacial score (nSPS) is 15.3. The van der Waals surface area contributed by atoms with E-state index in [1.807, 2.05) is 40.4 Å². The van der Waals surface area contributed by atoms with Crippen molar-refractivity contribution in [3.05, 3.63) is 63.9 Å². The first kappa shape index (κ1) is 20.7. The van der Waals surface area contributed by atoms with Gasteiger partial charge in [-0.25, -0.2) is 4.98 Å². The second kappa shape index (κ2) is 9.12. The van der Waals surface area contributed by atoms with Crippen LogP contribution in [0.15, 0.2) is 41.9 Å². The number of hydrogen-bond donors (Lipinski definition) is 1. The lowest BCUT2D eigenvalue weighted by Gasteiger charge is -2.28. The molecule has 1 saturated carbocycles. The summed E-state index contributed by atoms with van der Waals surface area (Å²) in [5.74, 6) is 0.992. The van der Waals surface area contributed by atoms with Crippen LogP contribution in [0.3, 0.4) is 0 Å². The zero-order valence-corrected chi connectivity index (χ0v) is 18.5. The van der Waals surface area contributed by atoms with E-state index in [0.717, 1.165) is 22.8 Å². The van der Waals surface area contributed by atoms with E-state index in [-0.39, 0.29) is 18.4 Å². The van der Waals surface area contributed by atoms with E-state index in [2.05, 4.69) is 15.4 Å². The predicted molar refractivity (Wildman–Crippen MR) is 119 cm³/mol. The predicted octanol–water partition coefficient (Wildman–Crippen LogP) is 2.64. The minimum absolute atomic E-state index is 0.0267. The third-order valence-electron chi connectivity index (χ3n) is 5.82. The average molecular weight is 452 g/mol. The van der Waals surface area contributed by atoms with E-state index in [1.54, 1.807) is 11.1 Å². The Bertz CT molecular complexity index is 1090. The summed E-state index contributed by atoms with van der Waals surface area (Å²) in [5.41, 5.74) is 2.34. The van der Waals surface area contributed by atoms with Crippen molar-refractivity contribution in [2.24, 2.45) is 5.92 Å². The lowest BCUT2D eigenvalue weighted by atomic mass is 10.0. The third kappa shape index (κ3) is 4.67. The summed E-state index contributed by atoms with van der Waals surface area (Å²) in [4.78, 5) is 31.8. The van der Waals surface area contributed by atoms with Gasteiger partial charge in [0.15, 0.2) is 12.3 Å². The van der Waals surface area contributed by atoms with Crippen molar-refractivity contribution in [3.63, 3.8) is 0 Å². The van der Waals surface area contributed by atoms with Crippen LogP contribution in [0.5, 0.6) is 5.75 Å². The van der Waals surface area contributed by atoms with Crippen molar-refractivity contribution in [2.75, 3.05) is 13.2 Å². The molecular formula is C23H25N5O3S. The Balaban J connectivity index is 1.30. The van der Waals surface area contributed by atoms with Gasteiger partial charge in [0.05, 0.1) is 6.54 Å². The Labute approximate surface area is 190 Å². The molecule has 32 heavy (non-hydrogen) atoms. The summed E-state index contributed by atoms with van der Waals surface area (Å²) >= 11 is 1.50. The van der Waals surface area contributed by atoms with Gasteiger partial charge in [0.2, 0.25) is 0 Å². The molecule has 5 rings (SSSR count). The number of hydrogen-bond acceptors (Lipinski definition) is 6. The van der Waals surface area contributed by atoms with Gasteiger partial charge in [-0.3, -0.25) is 14.3 Å². The van der Waals surface area contributed by atoms with Crippen molar-refractivity contribution in [2.45, 2.75) is 38.9 Å². The molecular weight excluding hydrogens is 426 g/mol. The van der Waals surface area contributed by atoms with Gasteiger partial charge < -0.3 is 15.0 Å². The van der Waals surface area contributed by atoms with Crippen LogP contribution < -0.4 is 10.1 Å². The molecule has 0 atom stereocenters. The Hall–Kier alpha value is -3.20. The first-order valence-electron chi connectivity index (χ1n) is 10.9. The van der Waals surface area contributed by atoms with Gasteiger partial charge in [0.1, 0.15) is 10.8 Å². The number of fused-ring (bicyclic) bond motifs is 1. The standard InChI is InChI=1S/C23H25N5O3S/c29-21(15-31-17-4-2-1-3-5-17)27-10-8-19-18(14-27)22(26-28(19)13-16-6-7-16)23(30)25-12-20-24-9-11-32-20/h1-5,9,11,16H,6-8,10,12-15H2,(H,25,30). The molecule has 166 valence electrons. The fourth-order valence-corrected chi connectivity index (χ4v) is 4.47. The highest BCUT2D eigenvalue weighted by molar-refractivity contribution is 7.09. The van der Waals surface area contributed by atoms with E-state index < -0.39 is 0 Å². The molecule has 0 unspecified atom stereocenters. The highest BCUT2D eigenvalue weighted by atomic mass is 32.1. The second-order valence-corrected chi connectivity index (χ2v) is 9.15. The number of nitrogens with one attached hydrogen (secondary N) is 1. The molecule has 1 fully saturated rings. The molecule has 9 heteroatoms. The van der Waals surface area contributed by atoms with Crippen LogP contribution in [0, 0.1) is 5.92 Å². The van der Waals surface area contributed by atoms with Gasteiger partial charge in [-0.2, -0.15) is 5.10 Å². The van der Waals surface area contributed by atoms with Gasteiger partial charge in [-0.1, -0.05) is 18.2 Å². The van der Waals surface area contributed by atoms with Crippen LogP contribution in [0.2, 0.25) is 0 Å². The maximum atomic E-state index is 13.0. The van der Waals surface area contributed by atoms with Crippen molar-refractivity contribution in [3.8, 4) is 5.75 Å². The summed E-state index contributed by atoms with van der Waals surface area (Å²) in [6.45, 7) is 2.15. The quantitative estimate of drug-likeness (QED) is 0.569. The second-order valence-electron chi connectivity index (χ2n) is 8.17. The fraction of sp³-hybridized carbons (Fsp3) is 0.391. The van der Waals surface area contributed by atoms with E-state index in [0.29, 0.717) is 43.4 Å². The number of aromatic nitrogens is 3. The maximum Gasteiger partial charge on any atom is 0.272 e. The largest absolute Gasteiger partial charge is 0.484 e. The number of benzene rings is 1. The van der Waals surface area contributed by atoms with Crippen LogP contribution in [0.25, 0.3) is 0 Å². The van der Waals surface area contributed by atoms with Crippen molar-refractivity contribution in [1.29, 1.82) is 0 Å². The molecule has 2 aliphatic rings. The maximum absolute atomic E-state index is 13.0. The summed E-state index contributed by atoms with van der Waals surface area (Å²) < 4.78 is 7.63. The Morgan fingerprint density at radius 3 is 2.81 bits per heavy atom. The van der Waals surface area contributed by atoms with Crippen molar-refractivity contribution < 1.29 is 14.3 Å². The van der Waals surface area contributed by atoms with E-state index in [9.17, 15) is 9.59 Å². The molecule has 0 spiro atoms. The number of ether oxygens (including phenoxy) is 1. The molecule has 0 radical (unpaired) electrons. The minimum Gasteiger partial charge on any atom is -0.484 e. The van der Waals surface area contributed by atoms with Gasteiger partial charge in [0.25, 0.3) is 11.8 Å². The van der Waals surface area contributed by atoms with Crippen LogP contribution in [0.1, 0.15) is 39.6 Å². The molecule has 0 saturated heterocycles. The number of para-hydroxylation sites is 1. The topological polar surface area (TPSA) is 89.4 Å². The Morgan fingerprint density at radius 2 is 2.06 bits per heavy atom. The summed E-state index contributed by atoms with van der Waals surface area (Å²) in [6, 6.07) is 9.31. The van der Waals surface area contributed by atoms with Crippen LogP contribution >= 0.6 is 11.3 Å². The molecule has 2 amide bonds. The van der Waals surface area contributed by atoms with Crippen LogP contribution in [-0.4, -0.2) is 44.6 Å². The van der Waals surface area contributed by atoms with Gasteiger partial charge >= 0.3 is 0 Å². The Kier molecular flexibility index (Phi) is 5.89. The number of rotatable bonds is 8. The van der Waals surface area contributed by atoms with E-state index >= 15 is 0 Å². The molecule has 3 aromatic rings. The lowest BCUT2D eigenvalue weighted by Crippen LogP contribution is -2.39. The molecule has 1 N–H and O–H groups in total. The highest BCUT2D eigenvalue weighted by Crippen LogP contribution is 2.32. The van der Waals surface area contributed by atoms with Gasteiger partial charge in [0, 0.05) is 48.9 Å². The van der Waals surface area contributed by atoms with Crippen molar-refractivity contribution in [1.82, 2.24) is 25.0 Å². The average Bonchev–Trinajstić information content (AvgIpc) is 3.35. The first-order chi connectivity index (χ1) is 15.7. The van der Waals surface area contributed by atoms with Crippen LogP contribution in [-0.2, 0) is 30.8 Å². The number of carbonyl (C=O) groups excluding carboxylic acids is 2. The third-order valence-corrected chi connectivity index (χ3v) is 6.60. The number of thiazole rings is 1. The molecule has 1 aromatic carbocycles. The minimum atomic E-state index is -0.221. The molecule has 2 aromatic heterocycles. The molecule has 8 nitrogen and oxygen atoms in total. The molecule has 3 heterocycles. The fourth-order valence-electron chi connectivity index (χ4n) is 3.92. The van der Waals surface area contributed by atoms with Gasteiger partial charge in [-0.15, -0.1) is 11.3 Å². The highest BCUT2D eigenvalue weighted by Gasteiger charge is 2.32. The zero-order valence-electron chi connectivity index (χ0n) is 17.7. The first-order valence-corrected chi connectivity index (χ1v) is 11.8. The van der Waals surface area contributed by atoms with Crippen molar-refractivity contribution >= 4 is 23.2 Å². The molecule has 1 aliphatic carbocycles. The van der Waals surface area contributed by atoms with E-state index in [4.69, 9.17) is 4.74 Å². The zero-order chi connectivity index (χ0) is 21.9. The SMILES string of the molecule is O=C(NCc1nccs1)c1nn(CC2CC2)c2c1CN(C(=O)COc1ccccc1)CC2. The smallest absolute Gasteiger partial charge is 0.272 e. The van der Waals surface area contributed by atoms with Crippen LogP contribution in [0.4, 0.5) is 0 Å². The van der Waals surface area contributed by atoms with Gasteiger partial charge in [-0.05, 0) is 30.9 Å². The summed E-state index contributed by atoms with van der Waals surface area (Å²) in [5, 5.41) is 10.3. The number of nitrogens with zero attached hydrogens (tertiary/aromatic N) is 4. The Morgan fingerprint density at radius 1 is 1.22 bits per heavy atom. The lowest BCUT2D eigenvalue weighted by molar-refractivity contribution is -0.134. The van der Waals surface area contributed by atoms with E-state index in [1.165, 1.54) is 24.2 Å².